The molecule has 142 valence electrons. The van der Waals surface area contributed by atoms with Gasteiger partial charge in [0.25, 0.3) is 11.8 Å². The lowest BCUT2D eigenvalue weighted by atomic mass is 9.97. The first-order valence-electron chi connectivity index (χ1n) is 7.49. The third-order valence-corrected chi connectivity index (χ3v) is 4.71. The number of rotatable bonds is 7. The number of aliphatic hydroxyl groups excluding tert-OH is 3. The lowest BCUT2D eigenvalue weighted by molar-refractivity contribution is -0.296. The van der Waals surface area contributed by atoms with Crippen LogP contribution in [-0.2, 0) is 23.6 Å². The molecule has 11 nitrogen and oxygen atoms in total. The van der Waals surface area contributed by atoms with E-state index < -0.39 is 56.3 Å². The minimum atomic E-state index is -4.33. The zero-order chi connectivity index (χ0) is 18.8. The van der Waals surface area contributed by atoms with Gasteiger partial charge in [-0.15, -0.1) is 0 Å². The van der Waals surface area contributed by atoms with E-state index >= 15 is 0 Å². The van der Waals surface area contributed by atoms with E-state index in [0.717, 1.165) is 17.1 Å². The molecule has 0 bridgehead atoms. The molecule has 25 heavy (non-hydrogen) atoms. The fourth-order valence-electron chi connectivity index (χ4n) is 2.50. The molecule has 5 N–H and O–H groups in total. The molecule has 0 spiro atoms. The van der Waals surface area contributed by atoms with Gasteiger partial charge in [0.05, 0.1) is 25.4 Å². The zero-order valence-corrected chi connectivity index (χ0v) is 13.9. The van der Waals surface area contributed by atoms with Crippen molar-refractivity contribution in [2.75, 3.05) is 19.3 Å². The molecule has 0 aliphatic carbocycles. The molecule has 2 aliphatic rings. The molecule has 2 unspecified atom stereocenters. The van der Waals surface area contributed by atoms with E-state index in [1.54, 1.807) is 0 Å². The molecule has 2 amide bonds. The molecule has 5 atom stereocenters. The van der Waals surface area contributed by atoms with E-state index in [-0.39, 0.29) is 19.6 Å². The second kappa shape index (κ2) is 8.02. The Morgan fingerprint density at radius 3 is 2.24 bits per heavy atom. The average molecular weight is 381 g/mol. The summed E-state index contributed by atoms with van der Waals surface area (Å²) >= 11 is 0. The van der Waals surface area contributed by atoms with Gasteiger partial charge in [-0.05, 0) is 6.42 Å². The van der Waals surface area contributed by atoms with Crippen molar-refractivity contribution in [1.82, 2.24) is 4.90 Å². The Morgan fingerprint density at radius 1 is 1.08 bits per heavy atom. The van der Waals surface area contributed by atoms with Crippen LogP contribution in [0.2, 0.25) is 0 Å². The molecule has 0 aromatic carbocycles. The molecule has 2 heterocycles. The normalized spacial score (nSPS) is 33.3. The van der Waals surface area contributed by atoms with E-state index in [1.807, 2.05) is 0 Å². The van der Waals surface area contributed by atoms with Gasteiger partial charge in [0.15, 0.2) is 6.29 Å². The third-order valence-electron chi connectivity index (χ3n) is 3.87. The highest BCUT2D eigenvalue weighted by molar-refractivity contribution is 7.51. The maximum atomic E-state index is 11.4. The number of aliphatic hydroxyl groups is 3. The van der Waals surface area contributed by atoms with Crippen LogP contribution in [0, 0.1) is 0 Å². The fraction of sp³-hybridized carbons (Fsp3) is 0.692. The van der Waals surface area contributed by atoms with E-state index in [4.69, 9.17) is 19.3 Å². The van der Waals surface area contributed by atoms with Crippen molar-refractivity contribution in [1.29, 1.82) is 0 Å². The Labute approximate surface area is 142 Å². The molecule has 2 rings (SSSR count). The van der Waals surface area contributed by atoms with Gasteiger partial charge >= 0.3 is 7.60 Å². The first kappa shape index (κ1) is 20.1. The summed E-state index contributed by atoms with van der Waals surface area (Å²) in [6.07, 6.45) is -5.98. The molecular weight excluding hydrogens is 361 g/mol. The van der Waals surface area contributed by atoms with Gasteiger partial charge < -0.3 is 34.6 Å². The molecule has 0 saturated carbocycles. The van der Waals surface area contributed by atoms with Gasteiger partial charge in [-0.1, -0.05) is 0 Å². The number of carbonyl (C=O) groups is 2. The van der Waals surface area contributed by atoms with Crippen molar-refractivity contribution in [2.24, 2.45) is 0 Å². The number of nitrogens with zero attached hydrogens (tertiary/aromatic N) is 1. The molecule has 12 heteroatoms. The van der Waals surface area contributed by atoms with Crippen molar-refractivity contribution in [3.63, 3.8) is 0 Å². The predicted octanol–water partition coefficient (Wildman–Crippen LogP) is -2.70. The van der Waals surface area contributed by atoms with Gasteiger partial charge in [0.1, 0.15) is 18.3 Å². The number of ether oxygens (including phenoxy) is 2. The van der Waals surface area contributed by atoms with Gasteiger partial charge in [0, 0.05) is 12.2 Å². The lowest BCUT2D eigenvalue weighted by Crippen LogP contribution is -2.58. The number of hydrogen-bond acceptors (Lipinski definition) is 8. The molecule has 0 aromatic rings. The average Bonchev–Trinajstić information content (AvgIpc) is 2.84. The van der Waals surface area contributed by atoms with Gasteiger partial charge in [0.2, 0.25) is 0 Å². The van der Waals surface area contributed by atoms with Crippen LogP contribution >= 0.6 is 7.60 Å². The Hall–Kier alpha value is -1.17. The largest absolute Gasteiger partial charge is 0.388 e. The molecule has 1 fully saturated rings. The first-order valence-corrected chi connectivity index (χ1v) is 9.29. The smallest absolute Gasteiger partial charge is 0.325 e. The first-order chi connectivity index (χ1) is 11.6. The summed E-state index contributed by atoms with van der Waals surface area (Å²) in [5, 5.41) is 29.5. The Bertz CT molecular complexity index is 571. The number of amides is 2. The summed E-state index contributed by atoms with van der Waals surface area (Å²) in [6, 6.07) is 0. The minimum absolute atomic E-state index is 0.108. The van der Waals surface area contributed by atoms with Crippen LogP contribution in [0.5, 0.6) is 0 Å². The Morgan fingerprint density at radius 2 is 1.68 bits per heavy atom. The van der Waals surface area contributed by atoms with E-state index in [0.29, 0.717) is 0 Å². The van der Waals surface area contributed by atoms with Crippen LogP contribution in [0.25, 0.3) is 0 Å². The Kier molecular flexibility index (Phi) is 6.46. The zero-order valence-electron chi connectivity index (χ0n) is 13.0. The lowest BCUT2D eigenvalue weighted by Gasteiger charge is -2.40. The topological polar surface area (TPSA) is 174 Å². The van der Waals surface area contributed by atoms with Crippen LogP contribution in [0.1, 0.15) is 6.42 Å². The summed E-state index contributed by atoms with van der Waals surface area (Å²) in [6.45, 7) is -0.308. The van der Waals surface area contributed by atoms with Crippen LogP contribution in [0.3, 0.4) is 0 Å². The van der Waals surface area contributed by atoms with Gasteiger partial charge in [-0.3, -0.25) is 19.1 Å². The highest BCUT2D eigenvalue weighted by Gasteiger charge is 2.44. The fourth-order valence-corrected chi connectivity index (χ4v) is 3.09. The van der Waals surface area contributed by atoms with Crippen molar-refractivity contribution in [3.8, 4) is 0 Å². The predicted molar refractivity (Wildman–Crippen MR) is 80.0 cm³/mol. The molecule has 1 saturated heterocycles. The monoisotopic (exact) mass is 381 g/mol. The molecular formula is C13H20NO10P. The van der Waals surface area contributed by atoms with E-state index in [1.165, 1.54) is 0 Å². The standard InChI is InChI=1S/C13H20NO10P/c15-8-1-2-9(16)14(8)4-5-23-13-12(19)11(18)10(17)7(24-13)3-6-25(20,21)22/h1-2,7,10-13,17-19H,3-6H2,(H2,20,21,22)/t7?,10-,11+,12?,13+/m1/s1. The molecule has 2 aliphatic heterocycles. The van der Waals surface area contributed by atoms with Gasteiger partial charge in [-0.25, -0.2) is 0 Å². The highest BCUT2D eigenvalue weighted by atomic mass is 31.2. The molecule has 0 aromatic heterocycles. The quantitative estimate of drug-likeness (QED) is 0.231. The van der Waals surface area contributed by atoms with E-state index in [2.05, 4.69) is 0 Å². The van der Waals surface area contributed by atoms with Crippen molar-refractivity contribution < 1.29 is 48.7 Å². The summed E-state index contributed by atoms with van der Waals surface area (Å²) in [5.41, 5.74) is 0. The summed E-state index contributed by atoms with van der Waals surface area (Å²) < 4.78 is 21.4. The summed E-state index contributed by atoms with van der Waals surface area (Å²) in [5.74, 6) is -1.01. The summed E-state index contributed by atoms with van der Waals surface area (Å²) in [7, 11) is -4.33. The van der Waals surface area contributed by atoms with Crippen LogP contribution in [0.4, 0.5) is 0 Å². The van der Waals surface area contributed by atoms with Crippen LogP contribution in [-0.4, -0.2) is 91.8 Å². The minimum Gasteiger partial charge on any atom is -0.388 e. The third kappa shape index (κ3) is 5.16. The van der Waals surface area contributed by atoms with Crippen LogP contribution < -0.4 is 0 Å². The summed E-state index contributed by atoms with van der Waals surface area (Å²) in [4.78, 5) is 41.5. The second-order valence-corrected chi connectivity index (χ2v) is 7.50. The van der Waals surface area contributed by atoms with Crippen molar-refractivity contribution in [2.45, 2.75) is 37.1 Å². The maximum Gasteiger partial charge on any atom is 0.325 e. The second-order valence-electron chi connectivity index (χ2n) is 5.72. The van der Waals surface area contributed by atoms with Crippen molar-refractivity contribution in [3.05, 3.63) is 12.2 Å². The maximum absolute atomic E-state index is 11.4. The van der Waals surface area contributed by atoms with Crippen LogP contribution in [0.15, 0.2) is 12.2 Å². The Balaban J connectivity index is 1.89. The number of imide groups is 1. The molecule has 0 radical (unpaired) electrons. The number of carbonyl (C=O) groups excluding carboxylic acids is 2. The van der Waals surface area contributed by atoms with Gasteiger partial charge in [-0.2, -0.15) is 0 Å². The van der Waals surface area contributed by atoms with Crippen molar-refractivity contribution >= 4 is 19.4 Å². The number of hydrogen-bond donors (Lipinski definition) is 5. The van der Waals surface area contributed by atoms with E-state index in [9.17, 15) is 29.5 Å². The SMILES string of the molecule is O=C1C=CC(=O)N1CCO[C@H]1OC(CCP(=O)(O)O)[C@@H](O)[C@H](O)C1O. The highest BCUT2D eigenvalue weighted by Crippen LogP contribution is 2.37.